The smallest absolute Gasteiger partial charge is 0.120 e. The molecule has 1 aromatic rings. The van der Waals surface area contributed by atoms with E-state index < -0.39 is 0 Å². The molecule has 0 radical (unpaired) electrons. The van der Waals surface area contributed by atoms with Gasteiger partial charge in [-0.3, -0.25) is 4.90 Å². The highest BCUT2D eigenvalue weighted by Gasteiger charge is 2.23. The number of furan rings is 1. The maximum Gasteiger partial charge on any atom is 0.120 e. The third-order valence-electron chi connectivity index (χ3n) is 3.55. The molecule has 19 heavy (non-hydrogen) atoms. The zero-order valence-corrected chi connectivity index (χ0v) is 13.3. The minimum absolute atomic E-state index is 0. The van der Waals surface area contributed by atoms with Crippen molar-refractivity contribution in [3.63, 3.8) is 0 Å². The van der Waals surface area contributed by atoms with Gasteiger partial charge < -0.3 is 9.73 Å². The summed E-state index contributed by atoms with van der Waals surface area (Å²) in [7, 11) is 0. The van der Waals surface area contributed by atoms with Crippen molar-refractivity contribution in [3.8, 4) is 0 Å². The largest absolute Gasteiger partial charge is 0.468 e. The van der Waals surface area contributed by atoms with Crippen LogP contribution in [0.15, 0.2) is 22.8 Å². The summed E-state index contributed by atoms with van der Waals surface area (Å²) in [5.41, 5.74) is 0. The molecule has 1 saturated heterocycles. The number of hydrogen-bond donors (Lipinski definition) is 1. The Morgan fingerprint density at radius 3 is 2.58 bits per heavy atom. The number of nitrogens with one attached hydrogen (secondary N) is 1. The van der Waals surface area contributed by atoms with Gasteiger partial charge >= 0.3 is 0 Å². The molecule has 2 heterocycles. The van der Waals surface area contributed by atoms with Crippen LogP contribution < -0.4 is 5.32 Å². The molecule has 0 unspecified atom stereocenters. The minimum atomic E-state index is 0. The lowest BCUT2D eigenvalue weighted by Crippen LogP contribution is -2.45. The highest BCUT2D eigenvalue weighted by atomic mass is 35.5. The molecular weight excluding hydrogens is 283 g/mol. The molecule has 0 spiro atoms. The van der Waals surface area contributed by atoms with Crippen molar-refractivity contribution in [3.05, 3.63) is 24.2 Å². The second-order valence-corrected chi connectivity index (χ2v) is 4.81. The maximum absolute atomic E-state index is 5.62. The molecule has 1 aliphatic heterocycles. The van der Waals surface area contributed by atoms with Crippen LogP contribution in [0.25, 0.3) is 0 Å². The molecule has 0 saturated carbocycles. The van der Waals surface area contributed by atoms with Crippen molar-refractivity contribution in [2.45, 2.75) is 38.6 Å². The first kappa shape index (κ1) is 18.8. The molecule has 112 valence electrons. The minimum Gasteiger partial charge on any atom is -0.468 e. The lowest BCUT2D eigenvalue weighted by molar-refractivity contribution is 0.144. The first-order valence-corrected chi connectivity index (χ1v) is 6.90. The zero-order valence-electron chi connectivity index (χ0n) is 11.6. The number of halogens is 2. The van der Waals surface area contributed by atoms with Gasteiger partial charge in [-0.2, -0.15) is 0 Å². The van der Waals surface area contributed by atoms with E-state index in [2.05, 4.69) is 23.2 Å². The van der Waals surface area contributed by atoms with Crippen LogP contribution in [0.1, 0.15) is 44.4 Å². The molecule has 0 aromatic carbocycles. The summed E-state index contributed by atoms with van der Waals surface area (Å²) in [6.45, 7) is 6.73. The van der Waals surface area contributed by atoms with E-state index in [4.69, 9.17) is 4.42 Å². The van der Waals surface area contributed by atoms with Crippen molar-refractivity contribution in [1.29, 1.82) is 0 Å². The fraction of sp³-hybridized carbons (Fsp3) is 0.714. The van der Waals surface area contributed by atoms with Crippen LogP contribution in [-0.4, -0.2) is 31.1 Å². The van der Waals surface area contributed by atoms with Gasteiger partial charge in [0.15, 0.2) is 0 Å². The van der Waals surface area contributed by atoms with E-state index in [1.54, 1.807) is 6.26 Å². The normalized spacial score (nSPS) is 17.3. The first-order chi connectivity index (χ1) is 8.42. The number of rotatable bonds is 6. The Morgan fingerprint density at radius 2 is 2.00 bits per heavy atom. The van der Waals surface area contributed by atoms with Crippen molar-refractivity contribution >= 4 is 24.8 Å². The van der Waals surface area contributed by atoms with Gasteiger partial charge in [0, 0.05) is 26.2 Å². The Kier molecular flexibility index (Phi) is 10.4. The van der Waals surface area contributed by atoms with Gasteiger partial charge in [0.2, 0.25) is 0 Å². The molecule has 2 rings (SSSR count). The Balaban J connectivity index is 0.00000162. The van der Waals surface area contributed by atoms with E-state index in [9.17, 15) is 0 Å². The standard InChI is InChI=1S/C14H24N2O.2ClH/c1-2-3-4-6-13(14-7-5-12-17-14)16-10-8-15-9-11-16;;/h5,7,12-13,15H,2-4,6,8-11H2,1H3;2*1H/t13-;;/m0../s1. The fourth-order valence-electron chi connectivity index (χ4n) is 2.57. The molecule has 5 heteroatoms. The van der Waals surface area contributed by atoms with E-state index >= 15 is 0 Å². The Morgan fingerprint density at radius 1 is 1.26 bits per heavy atom. The van der Waals surface area contributed by atoms with Gasteiger partial charge in [-0.15, -0.1) is 24.8 Å². The topological polar surface area (TPSA) is 28.4 Å². The third-order valence-corrected chi connectivity index (χ3v) is 3.55. The van der Waals surface area contributed by atoms with Crippen LogP contribution in [-0.2, 0) is 0 Å². The summed E-state index contributed by atoms with van der Waals surface area (Å²) in [6, 6.07) is 4.61. The van der Waals surface area contributed by atoms with Crippen molar-refractivity contribution < 1.29 is 4.42 Å². The van der Waals surface area contributed by atoms with Gasteiger partial charge in [0.1, 0.15) is 5.76 Å². The van der Waals surface area contributed by atoms with Crippen LogP contribution in [0.3, 0.4) is 0 Å². The molecule has 1 aromatic heterocycles. The zero-order chi connectivity index (χ0) is 11.9. The molecular formula is C14H26Cl2N2O. The van der Waals surface area contributed by atoms with E-state index in [-0.39, 0.29) is 24.8 Å². The number of hydrogen-bond acceptors (Lipinski definition) is 3. The predicted octanol–water partition coefficient (Wildman–Crippen LogP) is 3.65. The molecule has 1 N–H and O–H groups in total. The second-order valence-electron chi connectivity index (χ2n) is 4.81. The summed E-state index contributed by atoms with van der Waals surface area (Å²) >= 11 is 0. The SMILES string of the molecule is CCCCC[C@@H](c1ccco1)N1CCNCC1.Cl.Cl. The molecule has 3 nitrogen and oxygen atoms in total. The molecule has 0 bridgehead atoms. The van der Waals surface area contributed by atoms with E-state index in [0.717, 1.165) is 31.9 Å². The van der Waals surface area contributed by atoms with Crippen LogP contribution in [0.2, 0.25) is 0 Å². The molecule has 0 amide bonds. The monoisotopic (exact) mass is 308 g/mol. The number of piperazine rings is 1. The predicted molar refractivity (Wildman–Crippen MR) is 84.5 cm³/mol. The summed E-state index contributed by atoms with van der Waals surface area (Å²) in [5.74, 6) is 1.14. The van der Waals surface area contributed by atoms with Crippen LogP contribution >= 0.6 is 24.8 Å². The Bertz CT molecular complexity index is 300. The van der Waals surface area contributed by atoms with Gasteiger partial charge in [-0.25, -0.2) is 0 Å². The third kappa shape index (κ3) is 5.74. The van der Waals surface area contributed by atoms with Crippen molar-refractivity contribution in [1.82, 2.24) is 10.2 Å². The Labute approximate surface area is 128 Å². The molecule has 0 aliphatic carbocycles. The summed E-state index contributed by atoms with van der Waals surface area (Å²) in [5, 5.41) is 3.41. The highest BCUT2D eigenvalue weighted by Crippen LogP contribution is 2.27. The van der Waals surface area contributed by atoms with Gasteiger partial charge in [-0.1, -0.05) is 26.2 Å². The quantitative estimate of drug-likeness (QED) is 0.813. The first-order valence-electron chi connectivity index (χ1n) is 6.90. The molecule has 1 atom stereocenters. The van der Waals surface area contributed by atoms with Crippen LogP contribution in [0.4, 0.5) is 0 Å². The van der Waals surface area contributed by atoms with Gasteiger partial charge in [-0.05, 0) is 18.6 Å². The van der Waals surface area contributed by atoms with E-state index in [1.165, 1.54) is 25.7 Å². The highest BCUT2D eigenvalue weighted by molar-refractivity contribution is 5.85. The average Bonchev–Trinajstić information content (AvgIpc) is 2.89. The summed E-state index contributed by atoms with van der Waals surface area (Å²) < 4.78 is 5.62. The van der Waals surface area contributed by atoms with Crippen molar-refractivity contribution in [2.24, 2.45) is 0 Å². The average molecular weight is 309 g/mol. The number of unbranched alkanes of at least 4 members (excludes halogenated alkanes) is 2. The van der Waals surface area contributed by atoms with Crippen LogP contribution in [0, 0.1) is 0 Å². The van der Waals surface area contributed by atoms with Crippen molar-refractivity contribution in [2.75, 3.05) is 26.2 Å². The van der Waals surface area contributed by atoms with E-state index in [1.807, 2.05) is 6.07 Å². The van der Waals surface area contributed by atoms with Gasteiger partial charge in [0.25, 0.3) is 0 Å². The Hall–Kier alpha value is -0.220. The molecule has 1 fully saturated rings. The lowest BCUT2D eigenvalue weighted by Gasteiger charge is -2.33. The van der Waals surface area contributed by atoms with Crippen LogP contribution in [0.5, 0.6) is 0 Å². The second kappa shape index (κ2) is 10.6. The summed E-state index contributed by atoms with van der Waals surface area (Å²) in [6.07, 6.45) is 6.92. The van der Waals surface area contributed by atoms with E-state index in [0.29, 0.717) is 6.04 Å². The number of nitrogens with zero attached hydrogens (tertiary/aromatic N) is 1. The fourth-order valence-corrected chi connectivity index (χ4v) is 2.57. The molecule has 1 aliphatic rings. The summed E-state index contributed by atoms with van der Waals surface area (Å²) in [4.78, 5) is 2.56. The maximum atomic E-state index is 5.62. The van der Waals surface area contributed by atoms with Gasteiger partial charge in [0.05, 0.1) is 12.3 Å². The lowest BCUT2D eigenvalue weighted by atomic mass is 10.0.